The van der Waals surface area contributed by atoms with Crippen LogP contribution in [0.5, 0.6) is 17.5 Å². The predicted molar refractivity (Wildman–Crippen MR) is 192 cm³/mol. The Morgan fingerprint density at radius 1 is 0.960 bits per heavy atom. The molecule has 2 aromatic heterocycles. The van der Waals surface area contributed by atoms with Gasteiger partial charge < -0.3 is 19.3 Å². The van der Waals surface area contributed by atoms with E-state index in [0.717, 1.165) is 51.8 Å². The first-order chi connectivity index (χ1) is 24.0. The third-order valence-corrected chi connectivity index (χ3v) is 10.1. The number of ether oxygens (including phenoxy) is 3. The second kappa shape index (κ2) is 15.2. The summed E-state index contributed by atoms with van der Waals surface area (Å²) in [5, 5.41) is 10.3. The van der Waals surface area contributed by atoms with Crippen molar-refractivity contribution in [3.63, 3.8) is 0 Å². The van der Waals surface area contributed by atoms with E-state index in [-0.39, 0.29) is 40.0 Å². The first-order valence-electron chi connectivity index (χ1n) is 15.9. The lowest BCUT2D eigenvalue weighted by Crippen LogP contribution is -2.08. The number of nitrogens with zero attached hydrogens (tertiary/aromatic N) is 2. The second-order valence-corrected chi connectivity index (χ2v) is 14.9. The van der Waals surface area contributed by atoms with Gasteiger partial charge in [0.25, 0.3) is 0 Å². The molecule has 1 aliphatic carbocycles. The molecule has 0 aliphatic heterocycles. The number of aliphatic hydroxyl groups excluding tert-OH is 1. The number of aldehydes is 1. The first kappa shape index (κ1) is 35.3. The third-order valence-electron chi connectivity index (χ3n) is 8.37. The van der Waals surface area contributed by atoms with Crippen LogP contribution in [0.15, 0.2) is 90.1 Å². The minimum absolute atomic E-state index is 0.000852. The van der Waals surface area contributed by atoms with Crippen LogP contribution in [0.3, 0.4) is 0 Å². The van der Waals surface area contributed by atoms with Crippen LogP contribution in [0.4, 0.5) is 0 Å². The van der Waals surface area contributed by atoms with E-state index in [1.807, 2.05) is 54.6 Å². The van der Waals surface area contributed by atoms with E-state index < -0.39 is 15.9 Å². The summed E-state index contributed by atoms with van der Waals surface area (Å²) in [7, 11) is -3.46. The normalized spacial score (nSPS) is 14.5. The molecule has 6 rings (SSSR count). The SMILES string of the molecule is C[C@H](O)CCOc1ccc(-c2cccc(-c3cccc4c3CC[C@@H]4Oc3nc(OCc4cncc(S(C)(=O)=O)c4)c(C=O)cc3Cl)c2Cl)cc1. The van der Waals surface area contributed by atoms with Gasteiger partial charge in [-0.3, -0.25) is 9.78 Å². The van der Waals surface area contributed by atoms with Crippen molar-refractivity contribution in [3.05, 3.63) is 117 Å². The Kier molecular flexibility index (Phi) is 10.7. The van der Waals surface area contributed by atoms with Crippen molar-refractivity contribution in [2.24, 2.45) is 0 Å². The van der Waals surface area contributed by atoms with Crippen molar-refractivity contribution in [1.82, 2.24) is 9.97 Å². The summed E-state index contributed by atoms with van der Waals surface area (Å²) in [5.74, 6) is 0.829. The minimum Gasteiger partial charge on any atom is -0.493 e. The first-order valence-corrected chi connectivity index (χ1v) is 18.6. The fraction of sp³-hybridized carbons (Fsp3) is 0.237. The Labute approximate surface area is 300 Å². The zero-order valence-electron chi connectivity index (χ0n) is 27.3. The number of carbonyl (C=O) groups is 1. The molecule has 0 radical (unpaired) electrons. The average Bonchev–Trinajstić information content (AvgIpc) is 3.51. The fourth-order valence-corrected chi connectivity index (χ4v) is 6.98. The van der Waals surface area contributed by atoms with Gasteiger partial charge in [-0.25, -0.2) is 8.42 Å². The summed E-state index contributed by atoms with van der Waals surface area (Å²) in [6.07, 6.45) is 5.57. The molecule has 5 aromatic rings. The summed E-state index contributed by atoms with van der Waals surface area (Å²) in [4.78, 5) is 20.3. The zero-order valence-corrected chi connectivity index (χ0v) is 29.6. The average molecular weight is 734 g/mol. The van der Waals surface area contributed by atoms with Crippen molar-refractivity contribution in [1.29, 1.82) is 0 Å². The minimum atomic E-state index is -3.46. The summed E-state index contributed by atoms with van der Waals surface area (Å²) in [5.41, 5.74) is 6.43. The van der Waals surface area contributed by atoms with Gasteiger partial charge in [-0.15, -0.1) is 0 Å². The molecule has 0 amide bonds. The highest BCUT2D eigenvalue weighted by Gasteiger charge is 2.29. The fourth-order valence-electron chi connectivity index (χ4n) is 5.82. The lowest BCUT2D eigenvalue weighted by molar-refractivity contribution is 0.111. The Hall–Kier alpha value is -4.48. The van der Waals surface area contributed by atoms with Crippen LogP contribution in [0.1, 0.15) is 52.9 Å². The van der Waals surface area contributed by atoms with Crippen LogP contribution in [0, 0.1) is 0 Å². The van der Waals surface area contributed by atoms with Gasteiger partial charge in [0.1, 0.15) is 23.5 Å². The van der Waals surface area contributed by atoms with Crippen LogP contribution < -0.4 is 14.2 Å². The van der Waals surface area contributed by atoms with Crippen molar-refractivity contribution >= 4 is 39.3 Å². The summed E-state index contributed by atoms with van der Waals surface area (Å²) in [6.45, 7) is 2.08. The quantitative estimate of drug-likeness (QED) is 0.120. The number of hydrogen-bond donors (Lipinski definition) is 1. The highest BCUT2D eigenvalue weighted by Crippen LogP contribution is 2.44. The van der Waals surface area contributed by atoms with Crippen molar-refractivity contribution in [2.45, 2.75) is 49.9 Å². The summed E-state index contributed by atoms with van der Waals surface area (Å²) >= 11 is 13.6. The van der Waals surface area contributed by atoms with Crippen LogP contribution >= 0.6 is 23.2 Å². The Morgan fingerprint density at radius 3 is 2.44 bits per heavy atom. The number of halogens is 2. The Balaban J connectivity index is 1.22. The summed E-state index contributed by atoms with van der Waals surface area (Å²) < 4.78 is 41.8. The highest BCUT2D eigenvalue weighted by atomic mass is 35.5. The molecule has 1 N–H and O–H groups in total. The molecule has 0 saturated heterocycles. The maximum Gasteiger partial charge on any atom is 0.236 e. The van der Waals surface area contributed by atoms with E-state index in [1.54, 1.807) is 6.92 Å². The number of aromatic nitrogens is 2. The van der Waals surface area contributed by atoms with Gasteiger partial charge in [-0.1, -0.05) is 71.7 Å². The number of fused-ring (bicyclic) bond motifs is 1. The van der Waals surface area contributed by atoms with Gasteiger partial charge in [0.15, 0.2) is 16.1 Å². The number of pyridine rings is 2. The molecule has 258 valence electrons. The number of hydrogen-bond acceptors (Lipinski definition) is 9. The topological polar surface area (TPSA) is 125 Å². The Morgan fingerprint density at radius 2 is 1.70 bits per heavy atom. The molecule has 12 heteroatoms. The molecule has 0 saturated carbocycles. The number of benzene rings is 3. The van der Waals surface area contributed by atoms with Gasteiger partial charge in [0.05, 0.1) is 28.2 Å². The smallest absolute Gasteiger partial charge is 0.236 e. The van der Waals surface area contributed by atoms with Crippen molar-refractivity contribution in [3.8, 4) is 39.8 Å². The van der Waals surface area contributed by atoms with Crippen LogP contribution in [0.25, 0.3) is 22.3 Å². The van der Waals surface area contributed by atoms with E-state index in [4.69, 9.17) is 37.4 Å². The number of aliphatic hydroxyl groups is 1. The summed E-state index contributed by atoms with van der Waals surface area (Å²) in [6, 6.07) is 22.6. The second-order valence-electron chi connectivity index (χ2n) is 12.1. The molecular weight excluding hydrogens is 699 g/mol. The molecule has 9 nitrogen and oxygen atoms in total. The number of sulfone groups is 1. The van der Waals surface area contributed by atoms with Crippen LogP contribution in [-0.2, 0) is 22.9 Å². The molecule has 0 bridgehead atoms. The van der Waals surface area contributed by atoms with Crippen LogP contribution in [0.2, 0.25) is 10.0 Å². The Bertz CT molecular complexity index is 2140. The van der Waals surface area contributed by atoms with Gasteiger partial charge in [0, 0.05) is 41.8 Å². The van der Waals surface area contributed by atoms with Crippen molar-refractivity contribution in [2.75, 3.05) is 12.9 Å². The molecule has 3 aromatic carbocycles. The van der Waals surface area contributed by atoms with E-state index in [1.165, 1.54) is 24.5 Å². The molecule has 0 spiro atoms. The molecule has 0 fully saturated rings. The van der Waals surface area contributed by atoms with Gasteiger partial charge in [-0.2, -0.15) is 4.98 Å². The van der Waals surface area contributed by atoms with Gasteiger partial charge in [-0.05, 0) is 66.3 Å². The standard InChI is InChI=1S/C38H34Cl2N2O7S/c1-23(44)15-16-47-27-11-9-25(10-12-27)29-5-3-8-33(36(29)40)30-6-4-7-32-31(30)13-14-35(32)49-38-34(39)18-26(21-43)37(42-38)48-22-24-17-28(20-41-19-24)50(2,45)46/h3-12,17-21,23,35,44H,13-16,22H2,1-2H3/t23-,35-/m0/s1. The van der Waals surface area contributed by atoms with E-state index >= 15 is 0 Å². The largest absolute Gasteiger partial charge is 0.493 e. The monoisotopic (exact) mass is 732 g/mol. The molecule has 50 heavy (non-hydrogen) atoms. The van der Waals surface area contributed by atoms with E-state index in [0.29, 0.717) is 36.3 Å². The number of carbonyl (C=O) groups excluding carboxylic acids is 1. The third kappa shape index (κ3) is 7.94. The highest BCUT2D eigenvalue weighted by molar-refractivity contribution is 7.90. The van der Waals surface area contributed by atoms with Crippen molar-refractivity contribution < 1.29 is 32.5 Å². The molecule has 1 aliphatic rings. The van der Waals surface area contributed by atoms with Crippen LogP contribution in [-0.4, -0.2) is 48.7 Å². The lowest BCUT2D eigenvalue weighted by atomic mass is 9.94. The van der Waals surface area contributed by atoms with Gasteiger partial charge in [0.2, 0.25) is 11.8 Å². The maximum atomic E-state index is 12.0. The maximum absolute atomic E-state index is 12.0. The van der Waals surface area contributed by atoms with E-state index in [2.05, 4.69) is 16.0 Å². The predicted octanol–water partition coefficient (Wildman–Crippen LogP) is 8.13. The molecule has 2 heterocycles. The lowest BCUT2D eigenvalue weighted by Gasteiger charge is -2.18. The van der Waals surface area contributed by atoms with E-state index in [9.17, 15) is 18.3 Å². The van der Waals surface area contributed by atoms with Gasteiger partial charge >= 0.3 is 0 Å². The molecule has 2 atom stereocenters. The molecule has 0 unspecified atom stereocenters. The zero-order chi connectivity index (χ0) is 35.4. The molecular formula is C38H34Cl2N2O7S. The number of rotatable bonds is 13.